The van der Waals surface area contributed by atoms with E-state index in [1.54, 1.807) is 0 Å². The second-order valence-corrected chi connectivity index (χ2v) is 4.50. The van der Waals surface area contributed by atoms with Crippen molar-refractivity contribution in [2.75, 3.05) is 11.4 Å². The van der Waals surface area contributed by atoms with Crippen LogP contribution >= 0.6 is 0 Å². The lowest BCUT2D eigenvalue weighted by molar-refractivity contribution is -0.139. The second-order valence-electron chi connectivity index (χ2n) is 4.50. The predicted octanol–water partition coefficient (Wildman–Crippen LogP) is 2.14. The van der Waals surface area contributed by atoms with Crippen LogP contribution in [-0.4, -0.2) is 24.7 Å². The molecule has 0 radical (unpaired) electrons. The summed E-state index contributed by atoms with van der Waals surface area (Å²) in [6, 6.07) is 10.6. The Kier molecular flexibility index (Phi) is 2.59. The van der Waals surface area contributed by atoms with Crippen molar-refractivity contribution in [2.45, 2.75) is 25.0 Å². The summed E-state index contributed by atoms with van der Waals surface area (Å²) in [5, 5.41) is 0. The average Bonchev–Trinajstić information content (AvgIpc) is 2.98. The fourth-order valence-corrected chi connectivity index (χ4v) is 2.67. The van der Waals surface area contributed by atoms with Gasteiger partial charge in [0.1, 0.15) is 6.10 Å². The van der Waals surface area contributed by atoms with Crippen LogP contribution in [0.25, 0.3) is 0 Å². The highest BCUT2D eigenvalue weighted by Crippen LogP contribution is 2.29. The predicted molar refractivity (Wildman–Crippen MR) is 65.8 cm³/mol. The van der Waals surface area contributed by atoms with E-state index >= 15 is 0 Å². The van der Waals surface area contributed by atoms with E-state index in [4.69, 9.17) is 4.74 Å². The molecule has 88 valence electrons. The fraction of sp³-hybridized carbons (Fsp3) is 0.357. The number of rotatable bonds is 2. The monoisotopic (exact) mass is 229 g/mol. The maximum absolute atomic E-state index is 11.1. The molecule has 2 heterocycles. The van der Waals surface area contributed by atoms with Gasteiger partial charge in [0, 0.05) is 18.3 Å². The van der Waals surface area contributed by atoms with Crippen LogP contribution in [0.1, 0.15) is 12.8 Å². The maximum Gasteiger partial charge on any atom is 0.331 e. The Morgan fingerprint density at radius 2 is 2.06 bits per heavy atom. The minimum Gasteiger partial charge on any atom is -0.453 e. The lowest BCUT2D eigenvalue weighted by Gasteiger charge is -2.29. The van der Waals surface area contributed by atoms with Crippen LogP contribution < -0.4 is 4.90 Å². The molecule has 2 atom stereocenters. The first-order chi connectivity index (χ1) is 8.34. The highest BCUT2D eigenvalue weighted by Gasteiger charge is 2.34. The third-order valence-electron chi connectivity index (χ3n) is 3.44. The molecule has 3 rings (SSSR count). The van der Waals surface area contributed by atoms with Crippen LogP contribution in [0.5, 0.6) is 0 Å². The molecule has 0 bridgehead atoms. The first-order valence-electron chi connectivity index (χ1n) is 6.05. The van der Waals surface area contributed by atoms with Gasteiger partial charge in [-0.25, -0.2) is 4.79 Å². The number of nitrogens with zero attached hydrogens (tertiary/aromatic N) is 1. The highest BCUT2D eigenvalue weighted by atomic mass is 16.5. The Bertz CT molecular complexity index is 441. The summed E-state index contributed by atoms with van der Waals surface area (Å²) in [5.74, 6) is -0.213. The number of para-hydroxylation sites is 1. The molecule has 0 amide bonds. The first-order valence-corrected chi connectivity index (χ1v) is 6.05. The van der Waals surface area contributed by atoms with Gasteiger partial charge in [-0.1, -0.05) is 18.2 Å². The van der Waals surface area contributed by atoms with Gasteiger partial charge < -0.3 is 9.64 Å². The number of cyclic esters (lactones) is 1. The van der Waals surface area contributed by atoms with Crippen molar-refractivity contribution in [3.8, 4) is 0 Å². The Morgan fingerprint density at radius 1 is 1.24 bits per heavy atom. The number of esters is 1. The molecular formula is C14H15NO2. The second kappa shape index (κ2) is 4.24. The Hall–Kier alpha value is -1.77. The number of ether oxygens (including phenoxy) is 1. The average molecular weight is 229 g/mol. The third-order valence-corrected chi connectivity index (χ3v) is 3.44. The molecule has 2 aliphatic rings. The van der Waals surface area contributed by atoms with Crippen molar-refractivity contribution in [3.63, 3.8) is 0 Å². The molecule has 17 heavy (non-hydrogen) atoms. The summed E-state index contributed by atoms with van der Waals surface area (Å²) in [7, 11) is 0. The molecule has 0 aromatic heterocycles. The van der Waals surface area contributed by atoms with E-state index in [9.17, 15) is 4.79 Å². The van der Waals surface area contributed by atoms with Gasteiger partial charge in [0.2, 0.25) is 0 Å². The fourth-order valence-electron chi connectivity index (χ4n) is 2.67. The lowest BCUT2D eigenvalue weighted by Crippen LogP contribution is -2.38. The highest BCUT2D eigenvalue weighted by molar-refractivity contribution is 5.84. The minimum absolute atomic E-state index is 0.0785. The van der Waals surface area contributed by atoms with Crippen molar-refractivity contribution in [1.82, 2.24) is 0 Å². The first kappa shape index (κ1) is 10.4. The van der Waals surface area contributed by atoms with Crippen molar-refractivity contribution < 1.29 is 9.53 Å². The normalized spacial score (nSPS) is 27.5. The number of carbonyl (C=O) groups is 1. The van der Waals surface area contributed by atoms with E-state index in [2.05, 4.69) is 17.0 Å². The Balaban J connectivity index is 1.81. The van der Waals surface area contributed by atoms with Crippen LogP contribution in [0, 0.1) is 0 Å². The van der Waals surface area contributed by atoms with Gasteiger partial charge in [-0.3, -0.25) is 0 Å². The SMILES string of the molecule is O=C1C=CC(C2CCCN2c2ccccc2)O1. The summed E-state index contributed by atoms with van der Waals surface area (Å²) in [5.41, 5.74) is 1.21. The number of carbonyl (C=O) groups excluding carboxylic acids is 1. The number of hydrogen-bond acceptors (Lipinski definition) is 3. The zero-order valence-electron chi connectivity index (χ0n) is 9.58. The molecule has 0 saturated carbocycles. The van der Waals surface area contributed by atoms with Crippen LogP contribution in [0.15, 0.2) is 42.5 Å². The van der Waals surface area contributed by atoms with Crippen molar-refractivity contribution in [1.29, 1.82) is 0 Å². The molecular weight excluding hydrogens is 214 g/mol. The molecule has 0 spiro atoms. The smallest absolute Gasteiger partial charge is 0.331 e. The van der Waals surface area contributed by atoms with Crippen LogP contribution in [-0.2, 0) is 9.53 Å². The van der Waals surface area contributed by atoms with Gasteiger partial charge in [0.15, 0.2) is 0 Å². The third kappa shape index (κ3) is 1.93. The van der Waals surface area contributed by atoms with E-state index in [1.807, 2.05) is 24.3 Å². The van der Waals surface area contributed by atoms with Gasteiger partial charge in [-0.05, 0) is 31.1 Å². The van der Waals surface area contributed by atoms with Gasteiger partial charge in [-0.15, -0.1) is 0 Å². The van der Waals surface area contributed by atoms with E-state index < -0.39 is 0 Å². The molecule has 2 aliphatic heterocycles. The summed E-state index contributed by atoms with van der Waals surface area (Å²) in [4.78, 5) is 13.5. The number of benzene rings is 1. The minimum atomic E-state index is -0.213. The summed E-state index contributed by atoms with van der Waals surface area (Å²) in [6.07, 6.45) is 5.57. The number of anilines is 1. The summed E-state index contributed by atoms with van der Waals surface area (Å²) < 4.78 is 5.31. The standard InChI is InChI=1S/C14H15NO2/c16-14-9-8-13(17-14)12-7-4-10-15(12)11-5-2-1-3-6-11/h1-3,5-6,8-9,12-13H,4,7,10H2. The van der Waals surface area contributed by atoms with E-state index in [1.165, 1.54) is 11.8 Å². The molecule has 1 saturated heterocycles. The van der Waals surface area contributed by atoms with Crippen molar-refractivity contribution in [2.24, 2.45) is 0 Å². The molecule has 1 aromatic carbocycles. The zero-order valence-corrected chi connectivity index (χ0v) is 9.58. The molecule has 3 nitrogen and oxygen atoms in total. The van der Waals surface area contributed by atoms with Crippen molar-refractivity contribution in [3.05, 3.63) is 42.5 Å². The Labute approximate surface area is 101 Å². The van der Waals surface area contributed by atoms with E-state index in [-0.39, 0.29) is 12.1 Å². The van der Waals surface area contributed by atoms with Gasteiger partial charge in [0.25, 0.3) is 0 Å². The molecule has 2 unspecified atom stereocenters. The van der Waals surface area contributed by atoms with E-state index in [0.29, 0.717) is 6.04 Å². The topological polar surface area (TPSA) is 29.5 Å². The summed E-state index contributed by atoms with van der Waals surface area (Å²) in [6.45, 7) is 1.04. The molecule has 0 aliphatic carbocycles. The maximum atomic E-state index is 11.1. The quantitative estimate of drug-likeness (QED) is 0.728. The largest absolute Gasteiger partial charge is 0.453 e. The van der Waals surface area contributed by atoms with Crippen LogP contribution in [0.2, 0.25) is 0 Å². The molecule has 1 aromatic rings. The van der Waals surface area contributed by atoms with Gasteiger partial charge in [0.05, 0.1) is 6.04 Å². The van der Waals surface area contributed by atoms with Crippen LogP contribution in [0.4, 0.5) is 5.69 Å². The zero-order chi connectivity index (χ0) is 11.7. The lowest BCUT2D eigenvalue weighted by atomic mass is 10.1. The van der Waals surface area contributed by atoms with Gasteiger partial charge >= 0.3 is 5.97 Å². The number of hydrogen-bond donors (Lipinski definition) is 0. The Morgan fingerprint density at radius 3 is 2.76 bits per heavy atom. The van der Waals surface area contributed by atoms with Crippen LogP contribution in [0.3, 0.4) is 0 Å². The van der Waals surface area contributed by atoms with E-state index in [0.717, 1.165) is 19.4 Å². The van der Waals surface area contributed by atoms with Gasteiger partial charge in [-0.2, -0.15) is 0 Å². The molecule has 3 heteroatoms. The molecule has 0 N–H and O–H groups in total. The molecule has 1 fully saturated rings. The van der Waals surface area contributed by atoms with Crippen molar-refractivity contribution >= 4 is 11.7 Å². The summed E-state index contributed by atoms with van der Waals surface area (Å²) >= 11 is 0.